The third-order valence-electron chi connectivity index (χ3n) is 3.53. The third-order valence-corrected chi connectivity index (χ3v) is 4.94. The zero-order valence-corrected chi connectivity index (χ0v) is 15.1. The second-order valence-corrected chi connectivity index (χ2v) is 7.25. The van der Waals surface area contributed by atoms with Gasteiger partial charge in [-0.1, -0.05) is 12.1 Å². The molecule has 2 N–H and O–H groups in total. The first-order chi connectivity index (χ1) is 13.0. The van der Waals surface area contributed by atoms with Crippen molar-refractivity contribution in [3.8, 4) is 11.6 Å². The minimum Gasteiger partial charge on any atom is -0.437 e. The molecule has 2 aromatic carbocycles. The van der Waals surface area contributed by atoms with Gasteiger partial charge in [0, 0.05) is 29.7 Å². The van der Waals surface area contributed by atoms with Gasteiger partial charge in [-0.15, -0.1) is 0 Å². The van der Waals surface area contributed by atoms with Crippen LogP contribution in [0.1, 0.15) is 10.4 Å². The second-order valence-electron chi connectivity index (χ2n) is 5.36. The van der Waals surface area contributed by atoms with E-state index in [0.29, 0.717) is 17.3 Å². The zero-order chi connectivity index (χ0) is 19.3. The summed E-state index contributed by atoms with van der Waals surface area (Å²) in [5, 5.41) is 2.71. The summed E-state index contributed by atoms with van der Waals surface area (Å²) in [6.45, 7) is 0. The Labute approximate surface area is 156 Å². The van der Waals surface area contributed by atoms with Gasteiger partial charge < -0.3 is 10.1 Å². The van der Waals surface area contributed by atoms with Crippen LogP contribution in [0.25, 0.3) is 0 Å². The summed E-state index contributed by atoms with van der Waals surface area (Å²) < 4.78 is 31.6. The summed E-state index contributed by atoms with van der Waals surface area (Å²) in [7, 11) is -2.32. The van der Waals surface area contributed by atoms with Crippen molar-refractivity contribution in [2.75, 3.05) is 12.4 Å². The molecule has 0 spiro atoms. The van der Waals surface area contributed by atoms with Crippen molar-refractivity contribution in [2.45, 2.75) is 4.90 Å². The standard InChI is InChI=1S/C18H16N4O4S/c1-19-27(24,25)16-7-2-4-13(10-16)18(23)22-14-5-3-6-15(11-14)26-17-12-20-8-9-21-17/h2-12,19H,1H3,(H,22,23). The number of nitrogens with zero attached hydrogens (tertiary/aromatic N) is 2. The number of rotatable bonds is 6. The zero-order valence-electron chi connectivity index (χ0n) is 14.3. The van der Waals surface area contributed by atoms with Gasteiger partial charge in [0.15, 0.2) is 0 Å². The lowest BCUT2D eigenvalue weighted by Crippen LogP contribution is -2.19. The number of anilines is 1. The number of carbonyl (C=O) groups is 1. The van der Waals surface area contributed by atoms with Crippen molar-refractivity contribution in [1.29, 1.82) is 0 Å². The Bertz CT molecular complexity index is 1060. The van der Waals surface area contributed by atoms with E-state index >= 15 is 0 Å². The minimum atomic E-state index is -3.63. The van der Waals surface area contributed by atoms with Gasteiger partial charge in [0.2, 0.25) is 15.9 Å². The quantitative estimate of drug-likeness (QED) is 0.675. The van der Waals surface area contributed by atoms with Crippen LogP contribution in [0.2, 0.25) is 0 Å². The summed E-state index contributed by atoms with van der Waals surface area (Å²) in [5.41, 5.74) is 0.704. The molecule has 0 bridgehead atoms. The fraction of sp³-hybridized carbons (Fsp3) is 0.0556. The smallest absolute Gasteiger partial charge is 0.255 e. The molecule has 0 aliphatic rings. The highest BCUT2D eigenvalue weighted by Gasteiger charge is 2.14. The lowest BCUT2D eigenvalue weighted by Gasteiger charge is -2.09. The van der Waals surface area contributed by atoms with Crippen LogP contribution in [-0.2, 0) is 10.0 Å². The van der Waals surface area contributed by atoms with Crippen molar-refractivity contribution >= 4 is 21.6 Å². The summed E-state index contributed by atoms with van der Waals surface area (Å²) in [5.74, 6) is 0.352. The molecule has 0 unspecified atom stereocenters. The number of hydrogen-bond acceptors (Lipinski definition) is 6. The van der Waals surface area contributed by atoms with Crippen LogP contribution in [0, 0.1) is 0 Å². The van der Waals surface area contributed by atoms with Crippen LogP contribution in [0.3, 0.4) is 0 Å². The van der Waals surface area contributed by atoms with Crippen LogP contribution < -0.4 is 14.8 Å². The molecule has 0 aliphatic carbocycles. The summed E-state index contributed by atoms with van der Waals surface area (Å²) in [6.07, 6.45) is 4.51. The first-order valence-electron chi connectivity index (χ1n) is 7.87. The van der Waals surface area contributed by atoms with Gasteiger partial charge in [-0.3, -0.25) is 9.78 Å². The van der Waals surface area contributed by atoms with E-state index in [9.17, 15) is 13.2 Å². The van der Waals surface area contributed by atoms with E-state index in [4.69, 9.17) is 4.74 Å². The lowest BCUT2D eigenvalue weighted by molar-refractivity contribution is 0.102. The third kappa shape index (κ3) is 4.66. The molecule has 3 rings (SSSR count). The Morgan fingerprint density at radius 2 is 1.89 bits per heavy atom. The Hall–Kier alpha value is -3.30. The molecule has 0 saturated heterocycles. The van der Waals surface area contributed by atoms with E-state index in [1.807, 2.05) is 0 Å². The van der Waals surface area contributed by atoms with Gasteiger partial charge in [-0.25, -0.2) is 18.1 Å². The maximum atomic E-state index is 12.5. The van der Waals surface area contributed by atoms with E-state index in [1.165, 1.54) is 49.9 Å². The first-order valence-corrected chi connectivity index (χ1v) is 9.35. The Morgan fingerprint density at radius 3 is 2.63 bits per heavy atom. The monoisotopic (exact) mass is 384 g/mol. The lowest BCUT2D eigenvalue weighted by atomic mass is 10.2. The Kier molecular flexibility index (Phi) is 5.43. The molecule has 1 amide bonds. The molecule has 3 aromatic rings. The van der Waals surface area contributed by atoms with Crippen LogP contribution in [-0.4, -0.2) is 31.3 Å². The molecular weight excluding hydrogens is 368 g/mol. The number of nitrogens with one attached hydrogen (secondary N) is 2. The van der Waals surface area contributed by atoms with Gasteiger partial charge in [0.05, 0.1) is 11.1 Å². The highest BCUT2D eigenvalue weighted by Crippen LogP contribution is 2.22. The SMILES string of the molecule is CNS(=O)(=O)c1cccc(C(=O)Nc2cccc(Oc3cnccn3)c2)c1. The van der Waals surface area contributed by atoms with E-state index in [2.05, 4.69) is 20.0 Å². The number of ether oxygens (including phenoxy) is 1. The number of hydrogen-bond donors (Lipinski definition) is 2. The number of aromatic nitrogens is 2. The fourth-order valence-corrected chi connectivity index (χ4v) is 3.00. The molecule has 0 radical (unpaired) electrons. The number of carbonyl (C=O) groups excluding carboxylic acids is 1. The molecule has 1 heterocycles. The average Bonchev–Trinajstić information content (AvgIpc) is 2.69. The Morgan fingerprint density at radius 1 is 1.07 bits per heavy atom. The summed E-state index contributed by atoms with van der Waals surface area (Å²) in [4.78, 5) is 20.4. The maximum Gasteiger partial charge on any atom is 0.255 e. The van der Waals surface area contributed by atoms with Gasteiger partial charge in [0.1, 0.15) is 5.75 Å². The maximum absolute atomic E-state index is 12.5. The van der Waals surface area contributed by atoms with Gasteiger partial charge >= 0.3 is 0 Å². The fourth-order valence-electron chi connectivity index (χ4n) is 2.22. The molecular formula is C18H16N4O4S. The topological polar surface area (TPSA) is 110 Å². The molecule has 0 fully saturated rings. The van der Waals surface area contributed by atoms with Crippen LogP contribution in [0.15, 0.2) is 72.0 Å². The largest absolute Gasteiger partial charge is 0.437 e. The first kappa shape index (κ1) is 18.5. The average molecular weight is 384 g/mol. The number of sulfonamides is 1. The molecule has 138 valence electrons. The molecule has 0 atom stereocenters. The van der Waals surface area contributed by atoms with Crippen LogP contribution >= 0.6 is 0 Å². The van der Waals surface area contributed by atoms with E-state index in [0.717, 1.165) is 0 Å². The van der Waals surface area contributed by atoms with Crippen molar-refractivity contribution in [3.63, 3.8) is 0 Å². The van der Waals surface area contributed by atoms with Crippen molar-refractivity contribution < 1.29 is 17.9 Å². The highest BCUT2D eigenvalue weighted by atomic mass is 32.2. The molecule has 1 aromatic heterocycles. The van der Waals surface area contributed by atoms with Crippen molar-refractivity contribution in [3.05, 3.63) is 72.7 Å². The van der Waals surface area contributed by atoms with Gasteiger partial charge in [0.25, 0.3) is 5.91 Å². The van der Waals surface area contributed by atoms with Gasteiger partial charge in [-0.05, 0) is 37.4 Å². The molecule has 0 saturated carbocycles. The molecule has 8 nitrogen and oxygen atoms in total. The minimum absolute atomic E-state index is 0.0115. The highest BCUT2D eigenvalue weighted by molar-refractivity contribution is 7.89. The van der Waals surface area contributed by atoms with Crippen LogP contribution in [0.5, 0.6) is 11.6 Å². The number of benzene rings is 2. The van der Waals surface area contributed by atoms with Crippen molar-refractivity contribution in [2.24, 2.45) is 0 Å². The van der Waals surface area contributed by atoms with Crippen molar-refractivity contribution in [1.82, 2.24) is 14.7 Å². The van der Waals surface area contributed by atoms with Crippen LogP contribution in [0.4, 0.5) is 5.69 Å². The summed E-state index contributed by atoms with van der Waals surface area (Å²) >= 11 is 0. The van der Waals surface area contributed by atoms with E-state index < -0.39 is 15.9 Å². The normalized spacial score (nSPS) is 11.0. The predicted molar refractivity (Wildman–Crippen MR) is 99.2 cm³/mol. The Balaban J connectivity index is 1.77. The number of amides is 1. The second kappa shape index (κ2) is 7.94. The molecule has 27 heavy (non-hydrogen) atoms. The summed E-state index contributed by atoms with van der Waals surface area (Å²) in [6, 6.07) is 12.5. The molecule has 9 heteroatoms. The van der Waals surface area contributed by atoms with E-state index in [1.54, 1.807) is 24.3 Å². The van der Waals surface area contributed by atoms with Gasteiger partial charge in [-0.2, -0.15) is 0 Å². The molecule has 0 aliphatic heterocycles. The predicted octanol–water partition coefficient (Wildman–Crippen LogP) is 2.43. The van der Waals surface area contributed by atoms with E-state index in [-0.39, 0.29) is 10.5 Å².